The minimum absolute atomic E-state index is 0.0797. The third-order valence-electron chi connectivity index (χ3n) is 7.25. The summed E-state index contributed by atoms with van der Waals surface area (Å²) >= 11 is 0. The largest absolute Gasteiger partial charge is 0.378 e. The molecule has 0 bridgehead atoms. The lowest BCUT2D eigenvalue weighted by Crippen LogP contribution is -2.48. The van der Waals surface area contributed by atoms with Crippen molar-refractivity contribution in [2.45, 2.75) is 50.5 Å². The molecule has 3 aliphatic heterocycles. The van der Waals surface area contributed by atoms with Gasteiger partial charge in [-0.3, -0.25) is 4.99 Å². The van der Waals surface area contributed by atoms with Crippen molar-refractivity contribution in [2.24, 2.45) is 28.5 Å². The summed E-state index contributed by atoms with van der Waals surface area (Å²) < 4.78 is 19.4. The van der Waals surface area contributed by atoms with Gasteiger partial charge in [0, 0.05) is 25.6 Å². The Labute approximate surface area is 177 Å². The highest BCUT2D eigenvalue weighted by Crippen LogP contribution is 2.41. The standard InChI is InChI=1S/C24H32FN3O2/c25-18-5-3-16(4-6-18)20-12-21(24(26)29)27-22-14-28(9-7-19(20)22)13-15-8-10-30-23(11-15)17-1-2-17/h3-6,12,15,17,19,22-24,29H,1-2,7-11,13-14,26H2/t15-,19?,22?,23+,24?/m1/s1. The van der Waals surface area contributed by atoms with Gasteiger partial charge >= 0.3 is 0 Å². The van der Waals surface area contributed by atoms with E-state index in [1.54, 1.807) is 0 Å². The lowest BCUT2D eigenvalue weighted by molar-refractivity contribution is -0.0296. The molecule has 3 heterocycles. The van der Waals surface area contributed by atoms with Crippen LogP contribution in [0.15, 0.2) is 35.3 Å². The highest BCUT2D eigenvalue weighted by molar-refractivity contribution is 6.05. The van der Waals surface area contributed by atoms with Crippen LogP contribution in [0, 0.1) is 23.6 Å². The maximum Gasteiger partial charge on any atom is 0.145 e. The molecule has 3 fully saturated rings. The van der Waals surface area contributed by atoms with Crippen molar-refractivity contribution in [1.82, 2.24) is 4.90 Å². The lowest BCUT2D eigenvalue weighted by atomic mass is 9.79. The topological polar surface area (TPSA) is 71.1 Å². The number of hydrogen-bond donors (Lipinski definition) is 2. The van der Waals surface area contributed by atoms with Gasteiger partial charge in [0.25, 0.3) is 0 Å². The van der Waals surface area contributed by atoms with Gasteiger partial charge in [-0.25, -0.2) is 4.39 Å². The number of fused-ring (bicyclic) bond motifs is 1. The summed E-state index contributed by atoms with van der Waals surface area (Å²) in [5.41, 5.74) is 8.41. The Bertz CT molecular complexity index is 818. The molecule has 0 spiro atoms. The summed E-state index contributed by atoms with van der Waals surface area (Å²) in [6.45, 7) is 3.92. The second-order valence-electron chi connectivity index (χ2n) is 9.46. The number of dihydropyridines is 1. The Hall–Kier alpha value is -1.60. The first-order valence-electron chi connectivity index (χ1n) is 11.4. The number of aliphatic hydroxyl groups excluding tert-OH is 1. The average molecular weight is 414 g/mol. The summed E-state index contributed by atoms with van der Waals surface area (Å²) in [5, 5.41) is 10.0. The van der Waals surface area contributed by atoms with Crippen molar-refractivity contribution in [2.75, 3.05) is 26.2 Å². The van der Waals surface area contributed by atoms with Crippen molar-refractivity contribution in [1.29, 1.82) is 0 Å². The van der Waals surface area contributed by atoms with Gasteiger partial charge in [-0.1, -0.05) is 12.1 Å². The van der Waals surface area contributed by atoms with Gasteiger partial charge in [0.2, 0.25) is 0 Å². The first-order chi connectivity index (χ1) is 14.6. The van der Waals surface area contributed by atoms with Crippen molar-refractivity contribution in [3.8, 4) is 0 Å². The van der Waals surface area contributed by atoms with E-state index in [0.717, 1.165) is 56.1 Å². The van der Waals surface area contributed by atoms with E-state index in [4.69, 9.17) is 15.5 Å². The molecule has 5 rings (SSSR count). The van der Waals surface area contributed by atoms with Gasteiger partial charge in [-0.05, 0) is 79.8 Å². The molecule has 1 aliphatic carbocycles. The number of aliphatic hydroxyl groups is 1. The van der Waals surface area contributed by atoms with Crippen LogP contribution in [0.5, 0.6) is 0 Å². The van der Waals surface area contributed by atoms with Crippen LogP contribution >= 0.6 is 0 Å². The molecule has 30 heavy (non-hydrogen) atoms. The number of nitrogens with zero attached hydrogens (tertiary/aromatic N) is 2. The molecule has 1 saturated carbocycles. The van der Waals surface area contributed by atoms with Crippen molar-refractivity contribution in [3.63, 3.8) is 0 Å². The molecular weight excluding hydrogens is 381 g/mol. The molecule has 4 aliphatic rings. The summed E-state index contributed by atoms with van der Waals surface area (Å²) in [6, 6.07) is 6.70. The minimum atomic E-state index is -1.09. The number of likely N-dealkylation sites (tertiary alicyclic amines) is 1. The Balaban J connectivity index is 1.29. The molecule has 3 unspecified atom stereocenters. The molecule has 5 atom stereocenters. The van der Waals surface area contributed by atoms with Crippen molar-refractivity contribution in [3.05, 3.63) is 41.7 Å². The Morgan fingerprint density at radius 2 is 2.00 bits per heavy atom. The van der Waals surface area contributed by atoms with Crippen LogP contribution < -0.4 is 5.73 Å². The molecule has 5 nitrogen and oxygen atoms in total. The molecule has 0 amide bonds. The third-order valence-corrected chi connectivity index (χ3v) is 7.25. The van der Waals surface area contributed by atoms with E-state index in [9.17, 15) is 9.50 Å². The van der Waals surface area contributed by atoms with E-state index in [2.05, 4.69) is 4.90 Å². The number of halogens is 1. The Morgan fingerprint density at radius 1 is 1.20 bits per heavy atom. The predicted molar refractivity (Wildman–Crippen MR) is 116 cm³/mol. The summed E-state index contributed by atoms with van der Waals surface area (Å²) in [4.78, 5) is 7.36. The number of aliphatic imine (C=N–C) groups is 1. The molecule has 1 aromatic carbocycles. The van der Waals surface area contributed by atoms with Gasteiger partial charge in [0.05, 0.1) is 17.9 Å². The SMILES string of the molecule is NC(O)C1=NC2CN(C[C@@H]3CCO[C@H](C4CC4)C3)CCC2C(c2ccc(F)cc2)=C1. The molecule has 1 aromatic rings. The summed E-state index contributed by atoms with van der Waals surface area (Å²) in [7, 11) is 0. The van der Waals surface area contributed by atoms with Crippen molar-refractivity contribution < 1.29 is 14.2 Å². The summed E-state index contributed by atoms with van der Waals surface area (Å²) in [6.07, 6.45) is 7.31. The quantitative estimate of drug-likeness (QED) is 0.729. The number of piperidine rings is 1. The van der Waals surface area contributed by atoms with E-state index < -0.39 is 6.23 Å². The Kier molecular flexibility index (Phi) is 5.75. The molecule has 0 aromatic heterocycles. The maximum absolute atomic E-state index is 13.4. The highest BCUT2D eigenvalue weighted by Gasteiger charge is 2.39. The van der Waals surface area contributed by atoms with Crippen LogP contribution in [-0.2, 0) is 4.74 Å². The van der Waals surface area contributed by atoms with Crippen LogP contribution in [0.2, 0.25) is 0 Å². The van der Waals surface area contributed by atoms with Crippen molar-refractivity contribution >= 4 is 11.3 Å². The molecule has 3 N–H and O–H groups in total. The minimum Gasteiger partial charge on any atom is -0.378 e. The van der Waals surface area contributed by atoms with Crippen LogP contribution in [0.25, 0.3) is 5.57 Å². The number of benzene rings is 1. The molecule has 0 radical (unpaired) electrons. The normalized spacial score (nSPS) is 33.4. The maximum atomic E-state index is 13.4. The first kappa shape index (κ1) is 20.3. The molecule has 6 heteroatoms. The van der Waals surface area contributed by atoms with E-state index in [1.807, 2.05) is 18.2 Å². The lowest BCUT2D eigenvalue weighted by Gasteiger charge is -2.42. The fourth-order valence-electron chi connectivity index (χ4n) is 5.48. The molecule has 162 valence electrons. The summed E-state index contributed by atoms with van der Waals surface area (Å²) in [5.74, 6) is 1.54. The predicted octanol–water partition coefficient (Wildman–Crippen LogP) is 2.84. The highest BCUT2D eigenvalue weighted by atomic mass is 19.1. The van der Waals surface area contributed by atoms with E-state index in [0.29, 0.717) is 17.7 Å². The number of nitrogens with two attached hydrogens (primary N) is 1. The third kappa shape index (κ3) is 4.37. The number of ether oxygens (including phenoxy) is 1. The van der Waals surface area contributed by atoms with E-state index in [-0.39, 0.29) is 17.8 Å². The second kappa shape index (κ2) is 8.50. The first-order valence-corrected chi connectivity index (χ1v) is 11.4. The number of hydrogen-bond acceptors (Lipinski definition) is 5. The number of rotatable bonds is 5. The van der Waals surface area contributed by atoms with Gasteiger partial charge in [-0.2, -0.15) is 0 Å². The van der Waals surface area contributed by atoms with Gasteiger partial charge in [0.1, 0.15) is 12.0 Å². The van der Waals surface area contributed by atoms with Gasteiger partial charge < -0.3 is 20.5 Å². The zero-order valence-corrected chi connectivity index (χ0v) is 17.4. The molecular formula is C24H32FN3O2. The molecule has 2 saturated heterocycles. The average Bonchev–Trinajstić information content (AvgIpc) is 3.59. The Morgan fingerprint density at radius 3 is 2.73 bits per heavy atom. The zero-order chi connectivity index (χ0) is 20.7. The zero-order valence-electron chi connectivity index (χ0n) is 17.4. The fourth-order valence-corrected chi connectivity index (χ4v) is 5.48. The monoisotopic (exact) mass is 413 g/mol. The van der Waals surface area contributed by atoms with Gasteiger partial charge in [0.15, 0.2) is 0 Å². The smallest absolute Gasteiger partial charge is 0.145 e. The van der Waals surface area contributed by atoms with Crippen LogP contribution in [0.4, 0.5) is 4.39 Å². The van der Waals surface area contributed by atoms with E-state index >= 15 is 0 Å². The second-order valence-corrected chi connectivity index (χ2v) is 9.46. The van der Waals surface area contributed by atoms with Gasteiger partial charge in [-0.15, -0.1) is 0 Å². The van der Waals surface area contributed by atoms with Crippen LogP contribution in [0.3, 0.4) is 0 Å². The van der Waals surface area contributed by atoms with Crippen LogP contribution in [-0.4, -0.2) is 60.3 Å². The fraction of sp³-hybridized carbons (Fsp3) is 0.625. The van der Waals surface area contributed by atoms with E-state index in [1.165, 1.54) is 31.4 Å². The van der Waals surface area contributed by atoms with Crippen LogP contribution in [0.1, 0.15) is 37.7 Å².